The van der Waals surface area contributed by atoms with Gasteiger partial charge >= 0.3 is 0 Å². The van der Waals surface area contributed by atoms with E-state index < -0.39 is 0 Å². The van der Waals surface area contributed by atoms with E-state index in [-0.39, 0.29) is 16.7 Å². The van der Waals surface area contributed by atoms with Crippen LogP contribution in [0.25, 0.3) is 0 Å². The molecule has 0 aliphatic heterocycles. The van der Waals surface area contributed by atoms with Crippen molar-refractivity contribution in [1.82, 2.24) is 9.97 Å². The molecule has 1 atom stereocenters. The van der Waals surface area contributed by atoms with Gasteiger partial charge in [-0.2, -0.15) is 0 Å². The Balaban J connectivity index is 2.15. The molecule has 0 fully saturated rings. The second-order valence-electron chi connectivity index (χ2n) is 5.76. The summed E-state index contributed by atoms with van der Waals surface area (Å²) >= 11 is 7.27. The molecular weight excluding hydrogens is 358 g/mol. The molecule has 0 aliphatic rings. The van der Waals surface area contributed by atoms with Gasteiger partial charge in [-0.3, -0.25) is 9.59 Å². The Morgan fingerprint density at radius 1 is 1.36 bits per heavy atom. The highest BCUT2D eigenvalue weighted by Gasteiger charge is 2.20. The maximum Gasteiger partial charge on any atom is 0.251 e. The summed E-state index contributed by atoms with van der Waals surface area (Å²) in [6.45, 7) is 5.87. The minimum absolute atomic E-state index is 0.138. The number of H-pyrrole nitrogens is 1. The Morgan fingerprint density at radius 3 is 2.80 bits per heavy atom. The Hall–Kier alpha value is -1.79. The molecule has 1 aromatic carbocycles. The van der Waals surface area contributed by atoms with E-state index >= 15 is 0 Å². The maximum absolute atomic E-state index is 12.6. The van der Waals surface area contributed by atoms with Crippen LogP contribution in [0.4, 0.5) is 5.69 Å². The number of aryl methyl sites for hydroxylation is 2. The topological polar surface area (TPSA) is 74.8 Å². The lowest BCUT2D eigenvalue weighted by molar-refractivity contribution is -0.115. The summed E-state index contributed by atoms with van der Waals surface area (Å²) in [6.07, 6.45) is 2.26. The number of halogens is 1. The van der Waals surface area contributed by atoms with Crippen LogP contribution in [0, 0.1) is 6.92 Å². The van der Waals surface area contributed by atoms with Gasteiger partial charge in [0.1, 0.15) is 0 Å². The normalized spacial score (nSPS) is 12.0. The summed E-state index contributed by atoms with van der Waals surface area (Å²) < 4.78 is 0. The maximum atomic E-state index is 12.6. The van der Waals surface area contributed by atoms with Crippen LogP contribution >= 0.6 is 23.4 Å². The number of amides is 1. The summed E-state index contributed by atoms with van der Waals surface area (Å²) in [6, 6.07) is 6.88. The number of hydrogen-bond donors (Lipinski definition) is 2. The molecule has 25 heavy (non-hydrogen) atoms. The lowest BCUT2D eigenvalue weighted by atomic mass is 10.2. The molecule has 0 saturated heterocycles. The first-order valence-electron chi connectivity index (χ1n) is 8.26. The number of anilines is 1. The van der Waals surface area contributed by atoms with Crippen LogP contribution < -0.4 is 10.9 Å². The quantitative estimate of drug-likeness (QED) is 0.558. The number of nitrogens with one attached hydrogen (secondary N) is 2. The fourth-order valence-electron chi connectivity index (χ4n) is 2.32. The smallest absolute Gasteiger partial charge is 0.251 e. The molecule has 134 valence electrons. The van der Waals surface area contributed by atoms with Crippen molar-refractivity contribution in [2.24, 2.45) is 0 Å². The van der Waals surface area contributed by atoms with Gasteiger partial charge in [0.2, 0.25) is 5.91 Å². The van der Waals surface area contributed by atoms with Gasteiger partial charge in [-0.25, -0.2) is 4.98 Å². The summed E-state index contributed by atoms with van der Waals surface area (Å²) in [5.74, 6) is -0.138. The van der Waals surface area contributed by atoms with Crippen molar-refractivity contribution in [3.05, 3.63) is 50.9 Å². The van der Waals surface area contributed by atoms with Crippen LogP contribution in [0.2, 0.25) is 5.02 Å². The average molecular weight is 380 g/mol. The van der Waals surface area contributed by atoms with Crippen LogP contribution in [0.3, 0.4) is 0 Å². The molecule has 0 bridgehead atoms. The minimum Gasteiger partial charge on any atom is -0.325 e. The Kier molecular flexibility index (Phi) is 7.08. The van der Waals surface area contributed by atoms with Gasteiger partial charge in [0.25, 0.3) is 5.56 Å². The molecule has 1 heterocycles. The minimum atomic E-state index is -0.363. The zero-order valence-electron chi connectivity index (χ0n) is 14.6. The van der Waals surface area contributed by atoms with E-state index in [0.717, 1.165) is 24.1 Å². The highest BCUT2D eigenvalue weighted by Crippen LogP contribution is 2.25. The number of hydrogen-bond acceptors (Lipinski definition) is 4. The third-order valence-electron chi connectivity index (χ3n) is 3.65. The third-order valence-corrected chi connectivity index (χ3v) is 5.14. The molecule has 0 spiro atoms. The van der Waals surface area contributed by atoms with Gasteiger partial charge in [-0.05, 0) is 37.5 Å². The lowest BCUT2D eigenvalue weighted by Gasteiger charge is -2.15. The first-order valence-corrected chi connectivity index (χ1v) is 9.52. The summed E-state index contributed by atoms with van der Waals surface area (Å²) in [4.78, 5) is 31.5. The van der Waals surface area contributed by atoms with Crippen molar-refractivity contribution in [1.29, 1.82) is 0 Å². The lowest BCUT2D eigenvalue weighted by Crippen LogP contribution is -2.25. The van der Waals surface area contributed by atoms with E-state index in [1.165, 1.54) is 17.8 Å². The van der Waals surface area contributed by atoms with Crippen molar-refractivity contribution in [3.63, 3.8) is 0 Å². The van der Waals surface area contributed by atoms with Crippen molar-refractivity contribution < 1.29 is 4.79 Å². The van der Waals surface area contributed by atoms with Crippen LogP contribution in [0.5, 0.6) is 0 Å². The fourth-order valence-corrected chi connectivity index (χ4v) is 3.43. The van der Waals surface area contributed by atoms with E-state index in [2.05, 4.69) is 15.3 Å². The number of carbonyl (C=O) groups is 1. The van der Waals surface area contributed by atoms with E-state index in [1.807, 2.05) is 26.8 Å². The molecular formula is C18H22ClN3O2S. The van der Waals surface area contributed by atoms with Gasteiger partial charge in [-0.15, -0.1) is 0 Å². The number of thioether (sulfide) groups is 1. The molecule has 0 saturated carbocycles. The summed E-state index contributed by atoms with van der Waals surface area (Å²) in [5, 5.41) is 3.59. The van der Waals surface area contributed by atoms with Crippen LogP contribution in [0.15, 0.2) is 34.2 Å². The number of nitrogens with zero attached hydrogens (tertiary/aromatic N) is 1. The number of benzene rings is 1. The molecule has 0 aliphatic carbocycles. The molecule has 2 aromatic rings. The average Bonchev–Trinajstić information content (AvgIpc) is 2.55. The van der Waals surface area contributed by atoms with Crippen molar-refractivity contribution in [3.8, 4) is 0 Å². The van der Waals surface area contributed by atoms with Gasteiger partial charge in [-0.1, -0.05) is 49.7 Å². The van der Waals surface area contributed by atoms with E-state index in [1.54, 1.807) is 12.1 Å². The Labute approximate surface area is 156 Å². The largest absolute Gasteiger partial charge is 0.325 e. The molecule has 1 aromatic heterocycles. The first kappa shape index (κ1) is 19.5. The van der Waals surface area contributed by atoms with Crippen LogP contribution in [-0.2, 0) is 11.2 Å². The first-order chi connectivity index (χ1) is 11.9. The SMILES string of the molecule is CCCc1cc(=O)[nH]c(SC(CC)C(=O)Nc2cc(Cl)ccc2C)n1. The highest BCUT2D eigenvalue weighted by atomic mass is 35.5. The van der Waals surface area contributed by atoms with Gasteiger partial charge < -0.3 is 10.3 Å². The van der Waals surface area contributed by atoms with E-state index in [4.69, 9.17) is 11.6 Å². The number of carbonyl (C=O) groups excluding carboxylic acids is 1. The summed E-state index contributed by atoms with van der Waals surface area (Å²) in [7, 11) is 0. The predicted octanol–water partition coefficient (Wildman–Crippen LogP) is 4.19. The molecule has 7 heteroatoms. The Bertz CT molecular complexity index is 807. The third kappa shape index (κ3) is 5.61. The molecule has 1 amide bonds. The second kappa shape index (κ2) is 9.06. The van der Waals surface area contributed by atoms with Gasteiger partial charge in [0.05, 0.1) is 5.25 Å². The number of aromatic nitrogens is 2. The van der Waals surface area contributed by atoms with E-state index in [9.17, 15) is 9.59 Å². The highest BCUT2D eigenvalue weighted by molar-refractivity contribution is 8.00. The molecule has 0 radical (unpaired) electrons. The zero-order chi connectivity index (χ0) is 18.4. The van der Waals surface area contributed by atoms with Crippen LogP contribution in [-0.4, -0.2) is 21.1 Å². The number of rotatable bonds is 7. The number of aromatic amines is 1. The van der Waals surface area contributed by atoms with E-state index in [0.29, 0.717) is 22.3 Å². The second-order valence-corrected chi connectivity index (χ2v) is 7.38. The molecule has 2 N–H and O–H groups in total. The van der Waals surface area contributed by atoms with Crippen molar-refractivity contribution in [2.45, 2.75) is 50.4 Å². The van der Waals surface area contributed by atoms with Crippen LogP contribution in [0.1, 0.15) is 37.9 Å². The predicted molar refractivity (Wildman–Crippen MR) is 104 cm³/mol. The Morgan fingerprint density at radius 2 is 2.12 bits per heavy atom. The molecule has 2 rings (SSSR count). The van der Waals surface area contributed by atoms with Gasteiger partial charge in [0, 0.05) is 22.5 Å². The standard InChI is InChI=1S/C18H22ClN3O2S/c1-4-6-13-10-16(23)22-18(20-13)25-15(5-2)17(24)21-14-9-12(19)8-7-11(14)3/h7-10,15H,4-6H2,1-3H3,(H,21,24)(H,20,22,23). The molecule has 1 unspecified atom stereocenters. The van der Waals surface area contributed by atoms with Crippen molar-refractivity contribution in [2.75, 3.05) is 5.32 Å². The van der Waals surface area contributed by atoms with Gasteiger partial charge in [0.15, 0.2) is 5.16 Å². The molecule has 5 nitrogen and oxygen atoms in total. The fraction of sp³-hybridized carbons (Fsp3) is 0.389. The monoisotopic (exact) mass is 379 g/mol. The zero-order valence-corrected chi connectivity index (χ0v) is 16.1. The summed E-state index contributed by atoms with van der Waals surface area (Å²) in [5.41, 5.74) is 2.18. The van der Waals surface area contributed by atoms with Crippen molar-refractivity contribution >= 4 is 35.0 Å².